The normalized spacial score (nSPS) is 12.3. The summed E-state index contributed by atoms with van der Waals surface area (Å²) in [5.74, 6) is 1.81. The van der Waals surface area contributed by atoms with Gasteiger partial charge in [0.05, 0.1) is 20.8 Å². The molecule has 2 rings (SSSR count). The molecule has 0 spiro atoms. The van der Waals surface area contributed by atoms with Gasteiger partial charge >= 0.3 is 0 Å². The number of nitrogens with zero attached hydrogens (tertiary/aromatic N) is 1. The predicted molar refractivity (Wildman–Crippen MR) is 104 cm³/mol. The summed E-state index contributed by atoms with van der Waals surface area (Å²) in [7, 11) is 4.73. The van der Waals surface area contributed by atoms with E-state index in [1.807, 2.05) is 31.2 Å². The number of nitrogens with one attached hydrogen (secondary N) is 2. The molecule has 146 valence electrons. The van der Waals surface area contributed by atoms with Crippen LogP contribution in [0.3, 0.4) is 0 Å². The van der Waals surface area contributed by atoms with E-state index in [1.54, 1.807) is 26.3 Å². The Hall–Kier alpha value is -2.96. The average molecular weight is 375 g/mol. The molecule has 0 aliphatic carbocycles. The summed E-state index contributed by atoms with van der Waals surface area (Å²) in [4.78, 5) is 4.17. The largest absolute Gasteiger partial charge is 0.494 e. The Morgan fingerprint density at radius 1 is 1.04 bits per heavy atom. The first kappa shape index (κ1) is 20.4. The van der Waals surface area contributed by atoms with Crippen LogP contribution in [-0.4, -0.2) is 39.9 Å². The molecule has 0 bridgehead atoms. The molecule has 0 aliphatic rings. The first-order chi connectivity index (χ1) is 13.1. The van der Waals surface area contributed by atoms with E-state index in [1.165, 1.54) is 13.2 Å². The summed E-state index contributed by atoms with van der Waals surface area (Å²) in [5.41, 5.74) is 0.787. The Labute approximate surface area is 159 Å². The maximum absolute atomic E-state index is 13.8. The monoisotopic (exact) mass is 375 g/mol. The van der Waals surface area contributed by atoms with Gasteiger partial charge in [0.15, 0.2) is 29.0 Å². The smallest absolute Gasteiger partial charge is 0.191 e. The van der Waals surface area contributed by atoms with Crippen molar-refractivity contribution in [3.8, 4) is 17.2 Å². The topological polar surface area (TPSA) is 64.1 Å². The summed E-state index contributed by atoms with van der Waals surface area (Å²) in [6.45, 7) is 2.92. The van der Waals surface area contributed by atoms with Crippen LogP contribution in [0.15, 0.2) is 47.5 Å². The van der Waals surface area contributed by atoms with Gasteiger partial charge in [-0.1, -0.05) is 18.2 Å². The first-order valence-corrected chi connectivity index (χ1v) is 8.64. The second-order valence-corrected chi connectivity index (χ2v) is 5.85. The van der Waals surface area contributed by atoms with Crippen molar-refractivity contribution in [1.29, 1.82) is 0 Å². The third-order valence-corrected chi connectivity index (χ3v) is 3.85. The quantitative estimate of drug-likeness (QED) is 0.549. The molecule has 0 heterocycles. The molecule has 7 heteroatoms. The SMILES string of the molecule is CN=C(NCc1ccc(OC)c(F)c1)NCC(C)Oc1ccccc1OC. The Balaban J connectivity index is 1.83. The lowest BCUT2D eigenvalue weighted by atomic mass is 10.2. The van der Waals surface area contributed by atoms with E-state index in [0.717, 1.165) is 5.56 Å². The van der Waals surface area contributed by atoms with Crippen LogP contribution in [0.2, 0.25) is 0 Å². The summed E-state index contributed by atoms with van der Waals surface area (Å²) < 4.78 is 29.9. The number of benzene rings is 2. The molecule has 1 unspecified atom stereocenters. The zero-order valence-corrected chi connectivity index (χ0v) is 16.1. The van der Waals surface area contributed by atoms with Gasteiger partial charge in [-0.25, -0.2) is 4.39 Å². The van der Waals surface area contributed by atoms with Gasteiger partial charge in [-0.3, -0.25) is 4.99 Å². The molecule has 2 aromatic rings. The zero-order valence-electron chi connectivity index (χ0n) is 16.1. The first-order valence-electron chi connectivity index (χ1n) is 8.64. The lowest BCUT2D eigenvalue weighted by Crippen LogP contribution is -2.41. The van der Waals surface area contributed by atoms with Crippen LogP contribution >= 0.6 is 0 Å². The fourth-order valence-electron chi connectivity index (χ4n) is 2.44. The molecule has 0 amide bonds. The van der Waals surface area contributed by atoms with Crippen LogP contribution in [0, 0.1) is 5.82 Å². The van der Waals surface area contributed by atoms with Crippen molar-refractivity contribution in [2.45, 2.75) is 19.6 Å². The minimum absolute atomic E-state index is 0.113. The Bertz CT molecular complexity index is 768. The summed E-state index contributed by atoms with van der Waals surface area (Å²) in [6.07, 6.45) is -0.113. The van der Waals surface area contributed by atoms with Gasteiger partial charge in [0, 0.05) is 13.6 Å². The lowest BCUT2D eigenvalue weighted by Gasteiger charge is -2.19. The number of guanidine groups is 1. The molecule has 1 atom stereocenters. The van der Waals surface area contributed by atoms with Crippen LogP contribution in [-0.2, 0) is 6.54 Å². The fourth-order valence-corrected chi connectivity index (χ4v) is 2.44. The van der Waals surface area contributed by atoms with E-state index < -0.39 is 5.82 Å². The van der Waals surface area contributed by atoms with Gasteiger partial charge in [0.2, 0.25) is 0 Å². The molecule has 0 radical (unpaired) electrons. The number of rotatable bonds is 8. The maximum Gasteiger partial charge on any atom is 0.191 e. The van der Waals surface area contributed by atoms with Crippen molar-refractivity contribution in [3.63, 3.8) is 0 Å². The Kier molecular flexibility index (Phi) is 7.73. The Morgan fingerprint density at radius 3 is 2.37 bits per heavy atom. The van der Waals surface area contributed by atoms with Gasteiger partial charge < -0.3 is 24.8 Å². The molecular weight excluding hydrogens is 349 g/mol. The Morgan fingerprint density at radius 2 is 1.74 bits per heavy atom. The maximum atomic E-state index is 13.8. The van der Waals surface area contributed by atoms with E-state index in [2.05, 4.69) is 15.6 Å². The third-order valence-electron chi connectivity index (χ3n) is 3.85. The third kappa shape index (κ3) is 6.06. The number of halogens is 1. The number of aliphatic imine (C=N–C) groups is 1. The van der Waals surface area contributed by atoms with E-state index >= 15 is 0 Å². The number of hydrogen-bond acceptors (Lipinski definition) is 4. The molecule has 6 nitrogen and oxygen atoms in total. The van der Waals surface area contributed by atoms with E-state index in [9.17, 15) is 4.39 Å². The van der Waals surface area contributed by atoms with E-state index in [-0.39, 0.29) is 11.9 Å². The van der Waals surface area contributed by atoms with Gasteiger partial charge in [-0.05, 0) is 36.8 Å². The van der Waals surface area contributed by atoms with Crippen LogP contribution < -0.4 is 24.8 Å². The fraction of sp³-hybridized carbons (Fsp3) is 0.350. The molecule has 2 N–H and O–H groups in total. The van der Waals surface area contributed by atoms with Crippen molar-refractivity contribution >= 4 is 5.96 Å². The molecule has 0 aliphatic heterocycles. The van der Waals surface area contributed by atoms with Crippen LogP contribution in [0.4, 0.5) is 4.39 Å². The summed E-state index contributed by atoms with van der Waals surface area (Å²) in [6, 6.07) is 12.3. The van der Waals surface area contributed by atoms with Crippen LogP contribution in [0.25, 0.3) is 0 Å². The summed E-state index contributed by atoms with van der Waals surface area (Å²) in [5, 5.41) is 6.33. The minimum Gasteiger partial charge on any atom is -0.494 e. The van der Waals surface area contributed by atoms with Crippen molar-refractivity contribution in [1.82, 2.24) is 10.6 Å². The van der Waals surface area contributed by atoms with Crippen molar-refractivity contribution in [3.05, 3.63) is 53.8 Å². The second-order valence-electron chi connectivity index (χ2n) is 5.85. The van der Waals surface area contributed by atoms with E-state index in [0.29, 0.717) is 30.5 Å². The highest BCUT2D eigenvalue weighted by Gasteiger charge is 2.10. The van der Waals surface area contributed by atoms with E-state index in [4.69, 9.17) is 14.2 Å². The minimum atomic E-state index is -0.390. The number of methoxy groups -OCH3 is 2. The number of hydrogen-bond donors (Lipinski definition) is 2. The van der Waals surface area contributed by atoms with Crippen LogP contribution in [0.5, 0.6) is 17.2 Å². The van der Waals surface area contributed by atoms with Crippen molar-refractivity contribution < 1.29 is 18.6 Å². The highest BCUT2D eigenvalue weighted by Crippen LogP contribution is 2.26. The number of ether oxygens (including phenoxy) is 3. The molecule has 0 fully saturated rings. The molecule has 27 heavy (non-hydrogen) atoms. The molecule has 2 aromatic carbocycles. The van der Waals surface area contributed by atoms with Gasteiger partial charge in [0.1, 0.15) is 6.10 Å². The van der Waals surface area contributed by atoms with Gasteiger partial charge in [-0.15, -0.1) is 0 Å². The zero-order chi connectivity index (χ0) is 19.6. The summed E-state index contributed by atoms with van der Waals surface area (Å²) >= 11 is 0. The van der Waals surface area contributed by atoms with Crippen molar-refractivity contribution in [2.75, 3.05) is 27.8 Å². The van der Waals surface area contributed by atoms with Gasteiger partial charge in [-0.2, -0.15) is 0 Å². The average Bonchev–Trinajstić information content (AvgIpc) is 2.68. The van der Waals surface area contributed by atoms with Gasteiger partial charge in [0.25, 0.3) is 0 Å². The molecule has 0 saturated carbocycles. The predicted octanol–water partition coefficient (Wildman–Crippen LogP) is 2.98. The highest BCUT2D eigenvalue weighted by atomic mass is 19.1. The second kappa shape index (κ2) is 10.3. The van der Waals surface area contributed by atoms with Crippen LogP contribution in [0.1, 0.15) is 12.5 Å². The standard InChI is InChI=1S/C20H26FN3O3/c1-14(27-19-8-6-5-7-18(19)26-4)12-23-20(22-2)24-13-15-9-10-17(25-3)16(21)11-15/h5-11,14H,12-13H2,1-4H3,(H2,22,23,24). The number of para-hydroxylation sites is 2. The highest BCUT2D eigenvalue weighted by molar-refractivity contribution is 5.79. The van der Waals surface area contributed by atoms with Crippen molar-refractivity contribution in [2.24, 2.45) is 4.99 Å². The molecule has 0 saturated heterocycles. The lowest BCUT2D eigenvalue weighted by molar-refractivity contribution is 0.213. The molecule has 0 aromatic heterocycles. The molecular formula is C20H26FN3O3.